The van der Waals surface area contributed by atoms with Crippen LogP contribution in [0.1, 0.15) is 12.8 Å². The maximum absolute atomic E-state index is 12.1. The largest absolute Gasteiger partial charge is 0.423 e. The molecule has 8 heteroatoms. The Kier molecular flexibility index (Phi) is 4.06. The standard InChI is InChI=1S/C8H11F6NO/c9-7(10,11)6(8(12,13)14)16-5-2-1-3-15-4-5/h5-6,15H,1-4H2. The first-order valence-corrected chi connectivity index (χ1v) is 4.71. The number of alkyl halides is 6. The molecule has 0 radical (unpaired) electrons. The van der Waals surface area contributed by atoms with Crippen LogP contribution in [0.25, 0.3) is 0 Å². The molecule has 0 spiro atoms. The van der Waals surface area contributed by atoms with Gasteiger partial charge in [-0.1, -0.05) is 0 Å². The number of rotatable bonds is 2. The van der Waals surface area contributed by atoms with Gasteiger partial charge in [-0.3, -0.25) is 0 Å². The summed E-state index contributed by atoms with van der Waals surface area (Å²) in [5.74, 6) is 0. The Balaban J connectivity index is 2.63. The fourth-order valence-electron chi connectivity index (χ4n) is 1.47. The van der Waals surface area contributed by atoms with Crippen molar-refractivity contribution in [3.05, 3.63) is 0 Å². The van der Waals surface area contributed by atoms with Crippen molar-refractivity contribution in [1.29, 1.82) is 0 Å². The fourth-order valence-corrected chi connectivity index (χ4v) is 1.47. The molecule has 16 heavy (non-hydrogen) atoms. The topological polar surface area (TPSA) is 21.3 Å². The zero-order chi connectivity index (χ0) is 12.4. The molecule has 1 saturated heterocycles. The maximum Gasteiger partial charge on any atom is 0.423 e. The van der Waals surface area contributed by atoms with Crippen LogP contribution in [0.15, 0.2) is 0 Å². The summed E-state index contributed by atoms with van der Waals surface area (Å²) in [5.41, 5.74) is 0. The third-order valence-electron chi connectivity index (χ3n) is 2.17. The van der Waals surface area contributed by atoms with E-state index in [-0.39, 0.29) is 13.0 Å². The zero-order valence-electron chi connectivity index (χ0n) is 8.16. The van der Waals surface area contributed by atoms with Crippen LogP contribution in [0.5, 0.6) is 0 Å². The van der Waals surface area contributed by atoms with E-state index in [4.69, 9.17) is 0 Å². The van der Waals surface area contributed by atoms with Crippen molar-refractivity contribution < 1.29 is 31.1 Å². The minimum absolute atomic E-state index is 0.0165. The third-order valence-corrected chi connectivity index (χ3v) is 2.17. The number of ether oxygens (including phenoxy) is 1. The molecule has 1 unspecified atom stereocenters. The predicted molar refractivity (Wildman–Crippen MR) is 42.9 cm³/mol. The Morgan fingerprint density at radius 2 is 1.62 bits per heavy atom. The molecular formula is C8H11F6NO. The van der Waals surface area contributed by atoms with E-state index in [9.17, 15) is 26.3 Å². The first-order valence-electron chi connectivity index (χ1n) is 4.71. The van der Waals surface area contributed by atoms with Crippen molar-refractivity contribution in [2.45, 2.75) is 37.4 Å². The Bertz CT molecular complexity index is 206. The summed E-state index contributed by atoms with van der Waals surface area (Å²) in [4.78, 5) is 0. The van der Waals surface area contributed by atoms with Crippen LogP contribution in [0.3, 0.4) is 0 Å². The van der Waals surface area contributed by atoms with Gasteiger partial charge >= 0.3 is 12.4 Å². The van der Waals surface area contributed by atoms with E-state index in [0.29, 0.717) is 13.0 Å². The summed E-state index contributed by atoms with van der Waals surface area (Å²) in [7, 11) is 0. The summed E-state index contributed by atoms with van der Waals surface area (Å²) < 4.78 is 76.7. The molecule has 1 aliphatic heterocycles. The minimum Gasteiger partial charge on any atom is -0.356 e. The average molecular weight is 251 g/mol. The Hall–Kier alpha value is -0.500. The molecule has 0 aliphatic carbocycles. The molecule has 1 N–H and O–H groups in total. The number of halogens is 6. The summed E-state index contributed by atoms with van der Waals surface area (Å²) in [6.07, 6.45) is -14.9. The fraction of sp³-hybridized carbons (Fsp3) is 1.00. The normalized spacial score (nSPS) is 23.8. The summed E-state index contributed by atoms with van der Waals surface area (Å²) in [6.45, 7) is 0.602. The van der Waals surface area contributed by atoms with Gasteiger partial charge in [0.1, 0.15) is 0 Å². The molecule has 2 nitrogen and oxygen atoms in total. The van der Waals surface area contributed by atoms with E-state index in [1.807, 2.05) is 0 Å². The van der Waals surface area contributed by atoms with E-state index in [1.54, 1.807) is 0 Å². The molecule has 0 amide bonds. The molecule has 1 heterocycles. The van der Waals surface area contributed by atoms with Gasteiger partial charge in [0, 0.05) is 6.54 Å². The Labute approximate surface area is 87.9 Å². The Morgan fingerprint density at radius 1 is 1.06 bits per heavy atom. The second kappa shape index (κ2) is 4.79. The van der Waals surface area contributed by atoms with Gasteiger partial charge in [0.25, 0.3) is 0 Å². The van der Waals surface area contributed by atoms with Crippen LogP contribution in [0.4, 0.5) is 26.3 Å². The summed E-state index contributed by atoms with van der Waals surface area (Å²) in [5, 5.41) is 2.68. The van der Waals surface area contributed by atoms with Gasteiger partial charge in [0.2, 0.25) is 6.10 Å². The number of nitrogens with one attached hydrogen (secondary N) is 1. The molecule has 0 aromatic carbocycles. The van der Waals surface area contributed by atoms with Crippen LogP contribution in [0.2, 0.25) is 0 Å². The highest BCUT2D eigenvalue weighted by Gasteiger charge is 2.58. The van der Waals surface area contributed by atoms with Crippen LogP contribution in [-0.2, 0) is 4.74 Å². The Morgan fingerprint density at radius 3 is 2.00 bits per heavy atom. The third kappa shape index (κ3) is 3.82. The molecule has 1 rings (SSSR count). The molecule has 1 aliphatic rings. The lowest BCUT2D eigenvalue weighted by Gasteiger charge is -2.30. The van der Waals surface area contributed by atoms with Gasteiger partial charge < -0.3 is 10.1 Å². The van der Waals surface area contributed by atoms with Crippen LogP contribution in [-0.4, -0.2) is 37.7 Å². The SMILES string of the molecule is FC(F)(F)C(OC1CCCNC1)C(F)(F)F. The lowest BCUT2D eigenvalue weighted by Crippen LogP contribution is -2.49. The van der Waals surface area contributed by atoms with Gasteiger partial charge in [-0.2, -0.15) is 26.3 Å². The van der Waals surface area contributed by atoms with Gasteiger partial charge in [-0.25, -0.2) is 0 Å². The first-order chi connectivity index (χ1) is 7.21. The molecule has 1 fully saturated rings. The smallest absolute Gasteiger partial charge is 0.356 e. The van der Waals surface area contributed by atoms with Gasteiger partial charge in [0.05, 0.1) is 6.10 Å². The van der Waals surface area contributed by atoms with Crippen molar-refractivity contribution in [3.63, 3.8) is 0 Å². The number of piperidine rings is 1. The lowest BCUT2D eigenvalue weighted by atomic mass is 10.1. The van der Waals surface area contributed by atoms with Crippen molar-refractivity contribution in [3.8, 4) is 0 Å². The van der Waals surface area contributed by atoms with Crippen molar-refractivity contribution in [1.82, 2.24) is 5.32 Å². The highest BCUT2D eigenvalue weighted by atomic mass is 19.4. The average Bonchev–Trinajstić information content (AvgIpc) is 2.12. The quantitative estimate of drug-likeness (QED) is 0.760. The lowest BCUT2D eigenvalue weighted by molar-refractivity contribution is -0.331. The second-order valence-corrected chi connectivity index (χ2v) is 3.57. The zero-order valence-corrected chi connectivity index (χ0v) is 8.16. The van der Waals surface area contributed by atoms with Crippen LogP contribution < -0.4 is 5.32 Å². The highest BCUT2D eigenvalue weighted by Crippen LogP contribution is 2.36. The van der Waals surface area contributed by atoms with Crippen molar-refractivity contribution >= 4 is 0 Å². The van der Waals surface area contributed by atoms with E-state index in [2.05, 4.69) is 10.1 Å². The summed E-state index contributed by atoms with van der Waals surface area (Å²) >= 11 is 0. The molecule has 1 atom stereocenters. The molecular weight excluding hydrogens is 240 g/mol. The molecule has 0 aromatic rings. The van der Waals surface area contributed by atoms with Gasteiger partial charge in [0.15, 0.2) is 0 Å². The van der Waals surface area contributed by atoms with Crippen molar-refractivity contribution in [2.24, 2.45) is 0 Å². The summed E-state index contributed by atoms with van der Waals surface area (Å²) in [6, 6.07) is 0. The van der Waals surface area contributed by atoms with E-state index in [0.717, 1.165) is 0 Å². The number of hydrogen-bond acceptors (Lipinski definition) is 2. The van der Waals surface area contributed by atoms with E-state index < -0.39 is 24.6 Å². The molecule has 0 aromatic heterocycles. The van der Waals surface area contributed by atoms with E-state index in [1.165, 1.54) is 0 Å². The predicted octanol–water partition coefficient (Wildman–Crippen LogP) is 2.25. The molecule has 0 saturated carbocycles. The van der Waals surface area contributed by atoms with E-state index >= 15 is 0 Å². The van der Waals surface area contributed by atoms with Crippen molar-refractivity contribution in [2.75, 3.05) is 13.1 Å². The molecule has 96 valence electrons. The first kappa shape index (κ1) is 13.6. The van der Waals surface area contributed by atoms with Gasteiger partial charge in [-0.05, 0) is 19.4 Å². The van der Waals surface area contributed by atoms with Crippen LogP contribution in [0, 0.1) is 0 Å². The monoisotopic (exact) mass is 251 g/mol. The molecule has 0 bridgehead atoms. The highest BCUT2D eigenvalue weighted by molar-refractivity contribution is 4.80. The van der Waals surface area contributed by atoms with Crippen LogP contribution >= 0.6 is 0 Å². The second-order valence-electron chi connectivity index (χ2n) is 3.57. The minimum atomic E-state index is -5.42. The number of hydrogen-bond donors (Lipinski definition) is 1. The maximum atomic E-state index is 12.1. The van der Waals surface area contributed by atoms with Gasteiger partial charge in [-0.15, -0.1) is 0 Å².